The Bertz CT molecular complexity index is 514. The van der Waals surface area contributed by atoms with E-state index in [9.17, 15) is 13.6 Å². The molecule has 1 aromatic carbocycles. The third-order valence-electron chi connectivity index (χ3n) is 3.00. The maximum atomic E-state index is 13.7. The molecule has 0 spiro atoms. The molecule has 0 heterocycles. The molecular formula is C14H19F2N3OS. The second-order valence-corrected chi connectivity index (χ2v) is 5.17. The number of amides is 1. The lowest BCUT2D eigenvalue weighted by atomic mass is 10.2. The molecule has 7 heteroatoms. The van der Waals surface area contributed by atoms with Crippen molar-refractivity contribution in [2.24, 2.45) is 5.73 Å². The molecular weight excluding hydrogens is 296 g/mol. The number of nitrogens with two attached hydrogens (primary N) is 1. The second-order valence-electron chi connectivity index (χ2n) is 4.73. The summed E-state index contributed by atoms with van der Waals surface area (Å²) in [4.78, 5) is 11.5. The monoisotopic (exact) mass is 315 g/mol. The lowest BCUT2D eigenvalue weighted by Gasteiger charge is -2.13. The second kappa shape index (κ2) is 7.87. The van der Waals surface area contributed by atoms with Crippen molar-refractivity contribution < 1.29 is 13.6 Å². The molecule has 0 aliphatic heterocycles. The minimum Gasteiger partial charge on any atom is -0.389 e. The summed E-state index contributed by atoms with van der Waals surface area (Å²) in [7, 11) is 0. The molecule has 0 radical (unpaired) electrons. The van der Waals surface area contributed by atoms with Crippen molar-refractivity contribution in [2.45, 2.75) is 32.7 Å². The number of nitrogens with one attached hydrogen (secondary N) is 2. The number of benzene rings is 1. The van der Waals surface area contributed by atoms with Gasteiger partial charge in [0.1, 0.15) is 22.3 Å². The van der Waals surface area contributed by atoms with E-state index in [0.717, 1.165) is 18.6 Å². The van der Waals surface area contributed by atoms with E-state index in [4.69, 9.17) is 5.73 Å². The molecule has 0 bridgehead atoms. The van der Waals surface area contributed by atoms with E-state index in [1.165, 1.54) is 0 Å². The number of hydrogen-bond donors (Lipinski definition) is 3. The van der Waals surface area contributed by atoms with Crippen LogP contribution in [0.15, 0.2) is 12.1 Å². The predicted molar refractivity (Wildman–Crippen MR) is 83.2 cm³/mol. The van der Waals surface area contributed by atoms with Crippen LogP contribution in [0.25, 0.3) is 0 Å². The highest BCUT2D eigenvalue weighted by Crippen LogP contribution is 2.20. The zero-order valence-corrected chi connectivity index (χ0v) is 12.8. The van der Waals surface area contributed by atoms with Crippen LogP contribution in [0.4, 0.5) is 14.5 Å². The number of hydrogen-bond acceptors (Lipinski definition) is 3. The SMILES string of the molecule is CCC(C)NC(=O)CCNc1c(F)cc(C(N)=S)cc1F. The molecule has 1 rings (SSSR count). The Morgan fingerprint density at radius 2 is 1.95 bits per heavy atom. The van der Waals surface area contributed by atoms with Crippen LogP contribution in [0.2, 0.25) is 0 Å². The van der Waals surface area contributed by atoms with Crippen molar-refractivity contribution >= 4 is 28.8 Å². The Morgan fingerprint density at radius 1 is 1.38 bits per heavy atom. The summed E-state index contributed by atoms with van der Waals surface area (Å²) in [6.07, 6.45) is 0.948. The molecule has 116 valence electrons. The third-order valence-corrected chi connectivity index (χ3v) is 3.24. The van der Waals surface area contributed by atoms with Crippen LogP contribution in [0.3, 0.4) is 0 Å². The fraction of sp³-hybridized carbons (Fsp3) is 0.429. The van der Waals surface area contributed by atoms with Gasteiger partial charge in [0.25, 0.3) is 0 Å². The first-order chi connectivity index (χ1) is 9.85. The molecule has 1 unspecified atom stereocenters. The summed E-state index contributed by atoms with van der Waals surface area (Å²) in [5.41, 5.74) is 5.16. The Morgan fingerprint density at radius 3 is 2.43 bits per heavy atom. The number of halogens is 2. The molecule has 4 nitrogen and oxygen atoms in total. The van der Waals surface area contributed by atoms with Crippen molar-refractivity contribution in [3.63, 3.8) is 0 Å². The van der Waals surface area contributed by atoms with E-state index in [-0.39, 0.29) is 41.2 Å². The fourth-order valence-corrected chi connectivity index (χ4v) is 1.75. The van der Waals surface area contributed by atoms with Gasteiger partial charge in [0.15, 0.2) is 0 Å². The van der Waals surface area contributed by atoms with Crippen LogP contribution in [0.5, 0.6) is 0 Å². The van der Waals surface area contributed by atoms with E-state index in [1.54, 1.807) is 0 Å². The lowest BCUT2D eigenvalue weighted by Crippen LogP contribution is -2.33. The van der Waals surface area contributed by atoms with Crippen molar-refractivity contribution in [1.29, 1.82) is 0 Å². The van der Waals surface area contributed by atoms with Crippen molar-refractivity contribution in [2.75, 3.05) is 11.9 Å². The van der Waals surface area contributed by atoms with Crippen molar-refractivity contribution in [1.82, 2.24) is 5.32 Å². The van der Waals surface area contributed by atoms with Crippen LogP contribution in [-0.2, 0) is 4.79 Å². The standard InChI is InChI=1S/C14H19F2N3OS/c1-3-8(2)19-12(20)4-5-18-13-10(15)6-9(14(17)21)7-11(13)16/h6-8,18H,3-5H2,1-2H3,(H2,17,21)(H,19,20). The van der Waals surface area contributed by atoms with Gasteiger partial charge in [-0.1, -0.05) is 19.1 Å². The Kier molecular flexibility index (Phi) is 6.48. The molecule has 0 aliphatic rings. The van der Waals surface area contributed by atoms with E-state index in [1.807, 2.05) is 13.8 Å². The molecule has 1 amide bonds. The zero-order chi connectivity index (χ0) is 16.0. The maximum absolute atomic E-state index is 13.7. The van der Waals surface area contributed by atoms with Gasteiger partial charge in [-0.3, -0.25) is 4.79 Å². The van der Waals surface area contributed by atoms with Crippen LogP contribution in [0.1, 0.15) is 32.3 Å². The molecule has 4 N–H and O–H groups in total. The van der Waals surface area contributed by atoms with Gasteiger partial charge in [0.05, 0.1) is 0 Å². The van der Waals surface area contributed by atoms with Gasteiger partial charge in [-0.05, 0) is 25.5 Å². The first kappa shape index (κ1) is 17.3. The number of thiocarbonyl (C=S) groups is 1. The third kappa shape index (κ3) is 5.26. The van der Waals surface area contributed by atoms with Crippen LogP contribution in [0, 0.1) is 11.6 Å². The van der Waals surface area contributed by atoms with E-state index in [2.05, 4.69) is 22.9 Å². The quantitative estimate of drug-likeness (QED) is 0.676. The molecule has 0 aliphatic carbocycles. The van der Waals surface area contributed by atoms with E-state index in [0.29, 0.717) is 0 Å². The van der Waals surface area contributed by atoms with Gasteiger partial charge in [-0.25, -0.2) is 8.78 Å². The molecule has 0 fully saturated rings. The van der Waals surface area contributed by atoms with Crippen molar-refractivity contribution in [3.05, 3.63) is 29.3 Å². The summed E-state index contributed by atoms with van der Waals surface area (Å²) in [6, 6.07) is 2.20. The smallest absolute Gasteiger partial charge is 0.221 e. The molecule has 1 aromatic rings. The number of carbonyl (C=O) groups is 1. The maximum Gasteiger partial charge on any atom is 0.221 e. The zero-order valence-electron chi connectivity index (χ0n) is 12.0. The molecule has 0 saturated carbocycles. The highest BCUT2D eigenvalue weighted by molar-refractivity contribution is 7.80. The summed E-state index contributed by atoms with van der Waals surface area (Å²) >= 11 is 4.67. The number of carbonyl (C=O) groups excluding carboxylic acids is 1. The van der Waals surface area contributed by atoms with Gasteiger partial charge < -0.3 is 16.4 Å². The molecule has 0 saturated heterocycles. The van der Waals surface area contributed by atoms with E-state index < -0.39 is 11.6 Å². The van der Waals surface area contributed by atoms with Gasteiger partial charge in [-0.2, -0.15) is 0 Å². The van der Waals surface area contributed by atoms with E-state index >= 15 is 0 Å². The lowest BCUT2D eigenvalue weighted by molar-refractivity contribution is -0.121. The van der Waals surface area contributed by atoms with Gasteiger partial charge in [0.2, 0.25) is 5.91 Å². The summed E-state index contributed by atoms with van der Waals surface area (Å²) < 4.78 is 27.5. The van der Waals surface area contributed by atoms with Gasteiger partial charge in [-0.15, -0.1) is 0 Å². The highest BCUT2D eigenvalue weighted by atomic mass is 32.1. The number of anilines is 1. The number of rotatable bonds is 7. The normalized spacial score (nSPS) is 11.8. The molecule has 1 atom stereocenters. The van der Waals surface area contributed by atoms with Crippen LogP contribution >= 0.6 is 12.2 Å². The average molecular weight is 315 g/mol. The van der Waals surface area contributed by atoms with Crippen LogP contribution in [-0.4, -0.2) is 23.5 Å². The van der Waals surface area contributed by atoms with Gasteiger partial charge >= 0.3 is 0 Å². The Hall–Kier alpha value is -1.76. The van der Waals surface area contributed by atoms with Crippen LogP contribution < -0.4 is 16.4 Å². The largest absolute Gasteiger partial charge is 0.389 e. The summed E-state index contributed by atoms with van der Waals surface area (Å²) in [6.45, 7) is 3.97. The Labute approximate surface area is 128 Å². The Balaban J connectivity index is 2.60. The predicted octanol–water partition coefficient (Wildman–Crippen LogP) is 2.32. The topological polar surface area (TPSA) is 67.2 Å². The van der Waals surface area contributed by atoms with Crippen molar-refractivity contribution in [3.8, 4) is 0 Å². The summed E-state index contributed by atoms with van der Waals surface area (Å²) in [5, 5.41) is 5.34. The minimum atomic E-state index is -0.792. The fourth-order valence-electron chi connectivity index (χ4n) is 1.63. The van der Waals surface area contributed by atoms with Gasteiger partial charge in [0, 0.05) is 24.6 Å². The first-order valence-corrected chi connectivity index (χ1v) is 7.08. The highest BCUT2D eigenvalue weighted by Gasteiger charge is 2.13. The molecule has 21 heavy (non-hydrogen) atoms. The minimum absolute atomic E-state index is 0.0766. The summed E-state index contributed by atoms with van der Waals surface area (Å²) in [5.74, 6) is -1.75. The first-order valence-electron chi connectivity index (χ1n) is 6.67. The average Bonchev–Trinajstić information content (AvgIpc) is 2.41. The molecule has 0 aromatic heterocycles.